The van der Waals surface area contributed by atoms with Gasteiger partial charge >= 0.3 is 0 Å². The first-order valence-corrected chi connectivity index (χ1v) is 12.0. The quantitative estimate of drug-likeness (QED) is 0.552. The number of hydrogen-bond acceptors (Lipinski definition) is 5. The molecule has 2 amide bonds. The fourth-order valence-corrected chi connectivity index (χ4v) is 5.90. The summed E-state index contributed by atoms with van der Waals surface area (Å²) in [6, 6.07) is 8.81. The number of carbonyl (C=O) groups is 2. The van der Waals surface area contributed by atoms with Gasteiger partial charge in [-0.3, -0.25) is 14.8 Å². The van der Waals surface area contributed by atoms with E-state index in [9.17, 15) is 23.2 Å². The minimum atomic E-state index is -3.72. The third-order valence-electron chi connectivity index (χ3n) is 6.61. The van der Waals surface area contributed by atoms with Crippen molar-refractivity contribution in [2.45, 2.75) is 37.6 Å². The fourth-order valence-electron chi connectivity index (χ4n) is 4.74. The highest BCUT2D eigenvalue weighted by molar-refractivity contribution is 7.88. The molecule has 30 heavy (non-hydrogen) atoms. The lowest BCUT2D eigenvalue weighted by atomic mass is 9.81. The molecule has 9 heteroatoms. The molecule has 1 unspecified atom stereocenters. The topological polar surface area (TPSA) is 107 Å². The molecule has 0 bridgehead atoms. The van der Waals surface area contributed by atoms with Crippen LogP contribution < -0.4 is 5.48 Å². The smallest absolute Gasteiger partial charge is 0.248 e. The van der Waals surface area contributed by atoms with Crippen molar-refractivity contribution in [1.82, 2.24) is 14.7 Å². The second-order valence-corrected chi connectivity index (χ2v) is 10.7. The van der Waals surface area contributed by atoms with Crippen LogP contribution in [0, 0.1) is 11.3 Å². The van der Waals surface area contributed by atoms with Crippen LogP contribution in [0.2, 0.25) is 0 Å². The zero-order valence-electron chi connectivity index (χ0n) is 16.9. The first-order chi connectivity index (χ1) is 14.2. The number of rotatable bonds is 4. The molecule has 1 spiro atoms. The Labute approximate surface area is 176 Å². The highest BCUT2D eigenvalue weighted by Crippen LogP contribution is 2.55. The minimum absolute atomic E-state index is 0.180. The summed E-state index contributed by atoms with van der Waals surface area (Å²) in [6.07, 6.45) is 7.44. The monoisotopic (exact) mass is 433 g/mol. The Morgan fingerprint density at radius 1 is 1.20 bits per heavy atom. The van der Waals surface area contributed by atoms with E-state index >= 15 is 0 Å². The van der Waals surface area contributed by atoms with Gasteiger partial charge in [0, 0.05) is 25.2 Å². The van der Waals surface area contributed by atoms with Gasteiger partial charge < -0.3 is 4.90 Å². The van der Waals surface area contributed by atoms with Crippen LogP contribution >= 0.6 is 0 Å². The average molecular weight is 434 g/mol. The number of nitrogens with zero attached hydrogens (tertiary/aromatic N) is 2. The van der Waals surface area contributed by atoms with Crippen LogP contribution in [0.15, 0.2) is 42.6 Å². The van der Waals surface area contributed by atoms with Crippen LogP contribution in [-0.4, -0.2) is 60.0 Å². The Kier molecular flexibility index (Phi) is 5.46. The summed E-state index contributed by atoms with van der Waals surface area (Å²) >= 11 is 0. The van der Waals surface area contributed by atoms with E-state index in [4.69, 9.17) is 0 Å². The molecule has 4 rings (SSSR count). The van der Waals surface area contributed by atoms with Gasteiger partial charge in [0.25, 0.3) is 0 Å². The first-order valence-electron chi connectivity index (χ1n) is 10.2. The number of piperidine rings is 1. The number of allylic oxidation sites excluding steroid dienone is 1. The van der Waals surface area contributed by atoms with E-state index in [1.165, 1.54) is 9.21 Å². The molecule has 1 saturated carbocycles. The average Bonchev–Trinajstić information content (AvgIpc) is 3.50. The van der Waals surface area contributed by atoms with Gasteiger partial charge in [0.05, 0.1) is 12.2 Å². The van der Waals surface area contributed by atoms with E-state index in [1.54, 1.807) is 11.7 Å². The van der Waals surface area contributed by atoms with Crippen molar-refractivity contribution >= 4 is 21.8 Å². The van der Waals surface area contributed by atoms with Crippen LogP contribution in [-0.2, 0) is 19.6 Å². The molecule has 2 heterocycles. The number of hydrogen-bond donors (Lipinski definition) is 2. The summed E-state index contributed by atoms with van der Waals surface area (Å²) in [6.45, 7) is 0.670. The molecule has 0 aromatic heterocycles. The zero-order valence-corrected chi connectivity index (χ0v) is 17.7. The van der Waals surface area contributed by atoms with E-state index in [0.29, 0.717) is 19.4 Å². The Morgan fingerprint density at radius 3 is 2.43 bits per heavy atom. The molecular formula is C21H27N3O5S. The molecule has 2 aliphatic heterocycles. The first kappa shape index (κ1) is 21.0. The van der Waals surface area contributed by atoms with Crippen molar-refractivity contribution in [2.24, 2.45) is 11.3 Å². The summed E-state index contributed by atoms with van der Waals surface area (Å²) in [4.78, 5) is 27.3. The Hall–Kier alpha value is -2.23. The van der Waals surface area contributed by atoms with E-state index < -0.39 is 33.8 Å². The van der Waals surface area contributed by atoms with Crippen molar-refractivity contribution in [2.75, 3.05) is 19.3 Å². The largest absolute Gasteiger partial charge is 0.318 e. The normalized spacial score (nSPS) is 28.3. The van der Waals surface area contributed by atoms with E-state index in [0.717, 1.165) is 24.7 Å². The number of amides is 2. The Balaban J connectivity index is 1.60. The maximum absolute atomic E-state index is 13.4. The van der Waals surface area contributed by atoms with Gasteiger partial charge in [-0.1, -0.05) is 36.4 Å². The van der Waals surface area contributed by atoms with E-state index in [1.807, 2.05) is 36.4 Å². The lowest BCUT2D eigenvalue weighted by Gasteiger charge is -2.43. The van der Waals surface area contributed by atoms with Gasteiger partial charge in [-0.15, -0.1) is 0 Å². The molecule has 162 valence electrons. The lowest BCUT2D eigenvalue weighted by Crippen LogP contribution is -2.61. The van der Waals surface area contributed by atoms with Crippen molar-refractivity contribution in [1.29, 1.82) is 0 Å². The maximum Gasteiger partial charge on any atom is 0.248 e. The van der Waals surface area contributed by atoms with Crippen molar-refractivity contribution in [3.63, 3.8) is 0 Å². The predicted molar refractivity (Wildman–Crippen MR) is 110 cm³/mol. The molecular weight excluding hydrogens is 406 g/mol. The van der Waals surface area contributed by atoms with Crippen LogP contribution in [0.25, 0.3) is 0 Å². The molecule has 0 radical (unpaired) electrons. The number of hydroxylamine groups is 1. The number of carbonyl (C=O) groups excluding carboxylic acids is 2. The van der Waals surface area contributed by atoms with E-state index in [2.05, 4.69) is 0 Å². The number of benzene rings is 1. The highest BCUT2D eigenvalue weighted by Gasteiger charge is 2.58. The molecule has 1 aliphatic carbocycles. The van der Waals surface area contributed by atoms with Gasteiger partial charge in [-0.2, -0.15) is 4.31 Å². The second-order valence-electron chi connectivity index (χ2n) is 8.72. The number of nitrogens with one attached hydrogen (secondary N) is 1. The standard InChI is InChI=1S/C21H27N3O5S/c1-30(28,29)24-14-21(9-10-21)13-17(19(25)22-27)18(24)20(26)23-11-7-16(8-12-23)15-5-3-2-4-6-15/h2-7,11,16-18,27H,8-10,12-14H2,1H3,(H,22,25)/t16?,17-,18-/m0/s1. The summed E-state index contributed by atoms with van der Waals surface area (Å²) < 4.78 is 26.2. The van der Waals surface area contributed by atoms with Crippen LogP contribution in [0.1, 0.15) is 37.2 Å². The number of sulfonamides is 1. The molecule has 3 aliphatic rings. The summed E-state index contributed by atoms with van der Waals surface area (Å²) in [5.74, 6) is -1.88. The van der Waals surface area contributed by atoms with Gasteiger partial charge in [-0.25, -0.2) is 13.9 Å². The third-order valence-corrected chi connectivity index (χ3v) is 7.82. The lowest BCUT2D eigenvalue weighted by molar-refractivity contribution is -0.147. The summed E-state index contributed by atoms with van der Waals surface area (Å²) in [5, 5.41) is 9.23. The molecule has 1 saturated heterocycles. The minimum Gasteiger partial charge on any atom is -0.318 e. The second kappa shape index (κ2) is 7.79. The van der Waals surface area contributed by atoms with Crippen LogP contribution in [0.4, 0.5) is 0 Å². The highest BCUT2D eigenvalue weighted by atomic mass is 32.2. The predicted octanol–water partition coefficient (Wildman–Crippen LogP) is 1.45. The Morgan fingerprint density at radius 2 is 1.90 bits per heavy atom. The zero-order chi connectivity index (χ0) is 21.5. The van der Waals surface area contributed by atoms with Crippen molar-refractivity contribution in [3.8, 4) is 0 Å². The summed E-state index contributed by atoms with van der Waals surface area (Å²) in [7, 11) is -3.72. The van der Waals surface area contributed by atoms with Gasteiger partial charge in [0.15, 0.2) is 0 Å². The third kappa shape index (κ3) is 4.01. The molecule has 2 N–H and O–H groups in total. The van der Waals surface area contributed by atoms with Crippen LogP contribution in [0.5, 0.6) is 0 Å². The molecule has 1 aromatic carbocycles. The van der Waals surface area contributed by atoms with Crippen molar-refractivity contribution in [3.05, 3.63) is 48.2 Å². The van der Waals surface area contributed by atoms with Crippen LogP contribution in [0.3, 0.4) is 0 Å². The van der Waals surface area contributed by atoms with Gasteiger partial charge in [-0.05, 0) is 36.7 Å². The molecule has 3 atom stereocenters. The van der Waals surface area contributed by atoms with Gasteiger partial charge in [0.1, 0.15) is 6.04 Å². The molecule has 1 aromatic rings. The maximum atomic E-state index is 13.4. The van der Waals surface area contributed by atoms with Crippen molar-refractivity contribution < 1.29 is 23.2 Å². The van der Waals surface area contributed by atoms with E-state index in [-0.39, 0.29) is 17.9 Å². The summed E-state index contributed by atoms with van der Waals surface area (Å²) in [5.41, 5.74) is 2.53. The Bertz CT molecular complexity index is 958. The molecule has 8 nitrogen and oxygen atoms in total. The molecule has 2 fully saturated rings. The van der Waals surface area contributed by atoms with Gasteiger partial charge in [0.2, 0.25) is 21.8 Å². The SMILES string of the molecule is CS(=O)(=O)N1CC2(CC2)C[C@H](C(=O)NO)[C@H]1C(=O)N1C=CC(c2ccccc2)CC1. The fraction of sp³-hybridized carbons (Fsp3) is 0.524.